The Morgan fingerprint density at radius 3 is 2.03 bits per heavy atom. The molecule has 0 bridgehead atoms. The number of methoxy groups -OCH3 is 3. The molecule has 0 spiro atoms. The van der Waals surface area contributed by atoms with Crippen molar-refractivity contribution in [1.29, 1.82) is 0 Å². The van der Waals surface area contributed by atoms with Gasteiger partial charge in [0.05, 0.1) is 26.9 Å². The molecule has 1 amide bonds. The number of anilines is 1. The zero-order chi connectivity index (χ0) is 27.2. The molecular formula is C28H31F3N2O4. The fourth-order valence-corrected chi connectivity index (χ4v) is 4.13. The number of nitrogens with zero attached hydrogens (tertiary/aromatic N) is 2. The SMILES string of the molecule is COc1ccc(N(CCc2ccc(C(F)(F)F)cc2)C(=O)[C@H](c2ccccc2OC)N(C)C)cc1OC. The molecule has 0 saturated heterocycles. The molecule has 0 aromatic heterocycles. The van der Waals surface area contributed by atoms with Crippen molar-refractivity contribution in [2.75, 3.05) is 46.9 Å². The molecule has 3 aromatic carbocycles. The molecule has 3 rings (SSSR count). The first-order valence-corrected chi connectivity index (χ1v) is 11.6. The maximum atomic E-state index is 14.1. The van der Waals surface area contributed by atoms with Crippen LogP contribution in [0.4, 0.5) is 18.9 Å². The Hall–Kier alpha value is -3.72. The number of alkyl halides is 3. The van der Waals surface area contributed by atoms with Crippen LogP contribution in [0.25, 0.3) is 0 Å². The van der Waals surface area contributed by atoms with Gasteiger partial charge in [-0.25, -0.2) is 0 Å². The van der Waals surface area contributed by atoms with Gasteiger partial charge in [0, 0.05) is 23.9 Å². The number of likely N-dealkylation sites (N-methyl/N-ethyl adjacent to an activating group) is 1. The number of para-hydroxylation sites is 1. The van der Waals surface area contributed by atoms with Gasteiger partial charge in [0.2, 0.25) is 5.91 Å². The molecule has 9 heteroatoms. The number of carbonyl (C=O) groups is 1. The van der Waals surface area contributed by atoms with E-state index in [1.807, 2.05) is 18.2 Å². The highest BCUT2D eigenvalue weighted by atomic mass is 19.4. The molecule has 198 valence electrons. The summed E-state index contributed by atoms with van der Waals surface area (Å²) < 4.78 is 55.3. The van der Waals surface area contributed by atoms with E-state index < -0.39 is 17.8 Å². The van der Waals surface area contributed by atoms with Gasteiger partial charge in [-0.1, -0.05) is 30.3 Å². The zero-order valence-corrected chi connectivity index (χ0v) is 21.5. The van der Waals surface area contributed by atoms with Crippen LogP contribution in [-0.2, 0) is 17.4 Å². The number of hydrogen-bond acceptors (Lipinski definition) is 5. The van der Waals surface area contributed by atoms with Crippen molar-refractivity contribution in [2.45, 2.75) is 18.6 Å². The maximum absolute atomic E-state index is 14.1. The van der Waals surface area contributed by atoms with E-state index in [0.717, 1.165) is 12.1 Å². The molecule has 0 aliphatic heterocycles. The van der Waals surface area contributed by atoms with Crippen LogP contribution in [0.5, 0.6) is 17.2 Å². The summed E-state index contributed by atoms with van der Waals surface area (Å²) in [5, 5.41) is 0. The number of hydrogen-bond donors (Lipinski definition) is 0. The summed E-state index contributed by atoms with van der Waals surface area (Å²) in [6.07, 6.45) is -4.07. The van der Waals surface area contributed by atoms with Crippen molar-refractivity contribution in [2.24, 2.45) is 0 Å². The first-order chi connectivity index (χ1) is 17.6. The Bertz CT molecular complexity index is 1200. The maximum Gasteiger partial charge on any atom is 0.416 e. The van der Waals surface area contributed by atoms with Gasteiger partial charge in [-0.15, -0.1) is 0 Å². The van der Waals surface area contributed by atoms with Gasteiger partial charge < -0.3 is 19.1 Å². The number of ether oxygens (including phenoxy) is 3. The van der Waals surface area contributed by atoms with Crippen molar-refractivity contribution in [3.63, 3.8) is 0 Å². The van der Waals surface area contributed by atoms with Crippen molar-refractivity contribution in [3.8, 4) is 17.2 Å². The summed E-state index contributed by atoms with van der Waals surface area (Å²) in [7, 11) is 8.18. The van der Waals surface area contributed by atoms with E-state index >= 15 is 0 Å². The minimum absolute atomic E-state index is 0.221. The Labute approximate surface area is 215 Å². The van der Waals surface area contributed by atoms with Crippen LogP contribution in [0, 0.1) is 0 Å². The Balaban J connectivity index is 2.01. The van der Waals surface area contributed by atoms with Gasteiger partial charge in [-0.3, -0.25) is 9.69 Å². The second-order valence-electron chi connectivity index (χ2n) is 8.58. The fourth-order valence-electron chi connectivity index (χ4n) is 4.13. The van der Waals surface area contributed by atoms with Gasteiger partial charge in [-0.05, 0) is 56.4 Å². The highest BCUT2D eigenvalue weighted by Gasteiger charge is 2.32. The summed E-state index contributed by atoms with van der Waals surface area (Å²) in [6.45, 7) is 0.221. The van der Waals surface area contributed by atoms with Crippen molar-refractivity contribution in [3.05, 3.63) is 83.4 Å². The van der Waals surface area contributed by atoms with E-state index in [0.29, 0.717) is 40.5 Å². The minimum Gasteiger partial charge on any atom is -0.496 e. The number of rotatable bonds is 10. The first-order valence-electron chi connectivity index (χ1n) is 11.6. The van der Waals surface area contributed by atoms with Gasteiger partial charge >= 0.3 is 6.18 Å². The van der Waals surface area contributed by atoms with Crippen LogP contribution in [-0.4, -0.2) is 52.8 Å². The molecule has 0 saturated carbocycles. The van der Waals surface area contributed by atoms with E-state index in [1.165, 1.54) is 26.4 Å². The summed E-state index contributed by atoms with van der Waals surface area (Å²) in [5.74, 6) is 1.31. The quantitative estimate of drug-likeness (QED) is 0.351. The van der Waals surface area contributed by atoms with Crippen LogP contribution < -0.4 is 19.1 Å². The number of halogens is 3. The van der Waals surface area contributed by atoms with Crippen LogP contribution in [0.1, 0.15) is 22.7 Å². The first kappa shape index (κ1) is 27.9. The zero-order valence-electron chi connectivity index (χ0n) is 21.5. The van der Waals surface area contributed by atoms with E-state index in [2.05, 4.69) is 0 Å². The molecule has 1 atom stereocenters. The molecule has 6 nitrogen and oxygen atoms in total. The molecule has 0 fully saturated rings. The lowest BCUT2D eigenvalue weighted by Gasteiger charge is -2.32. The van der Waals surface area contributed by atoms with E-state index in [9.17, 15) is 18.0 Å². The van der Waals surface area contributed by atoms with Crippen LogP contribution in [0.2, 0.25) is 0 Å². The minimum atomic E-state index is -4.41. The van der Waals surface area contributed by atoms with Crippen LogP contribution in [0.3, 0.4) is 0 Å². The van der Waals surface area contributed by atoms with E-state index in [1.54, 1.807) is 55.3 Å². The van der Waals surface area contributed by atoms with Gasteiger partial charge in [-0.2, -0.15) is 13.2 Å². The molecular weight excluding hydrogens is 485 g/mol. The Morgan fingerprint density at radius 2 is 1.46 bits per heavy atom. The largest absolute Gasteiger partial charge is 0.496 e. The second-order valence-corrected chi connectivity index (χ2v) is 8.58. The molecule has 0 aliphatic rings. The van der Waals surface area contributed by atoms with Gasteiger partial charge in [0.15, 0.2) is 11.5 Å². The average Bonchev–Trinajstić information content (AvgIpc) is 2.88. The van der Waals surface area contributed by atoms with E-state index in [4.69, 9.17) is 14.2 Å². The molecule has 0 N–H and O–H groups in total. The lowest BCUT2D eigenvalue weighted by Crippen LogP contribution is -2.42. The standard InChI is InChI=1S/C28H31F3N2O4/c1-32(2)26(22-8-6-7-9-23(22)35-3)27(34)33(21-14-15-24(36-4)25(18-21)37-5)17-16-19-10-12-20(13-11-19)28(29,30)31/h6-15,18,26H,16-17H2,1-5H3/t26-/m0/s1. The molecule has 0 unspecified atom stereocenters. The normalized spacial score (nSPS) is 12.2. The Morgan fingerprint density at radius 1 is 0.838 bits per heavy atom. The Kier molecular flexibility index (Phi) is 9.04. The summed E-state index contributed by atoms with van der Waals surface area (Å²) in [4.78, 5) is 17.5. The number of benzene rings is 3. The topological polar surface area (TPSA) is 51.2 Å². The predicted octanol–water partition coefficient (Wildman–Crippen LogP) is 5.61. The van der Waals surface area contributed by atoms with Crippen molar-refractivity contribution >= 4 is 11.6 Å². The van der Waals surface area contributed by atoms with Gasteiger partial charge in [0.1, 0.15) is 11.8 Å². The highest BCUT2D eigenvalue weighted by Crippen LogP contribution is 2.35. The summed E-state index contributed by atoms with van der Waals surface area (Å²) in [6, 6.07) is 16.8. The number of amides is 1. The van der Waals surface area contributed by atoms with Gasteiger partial charge in [0.25, 0.3) is 0 Å². The molecule has 0 radical (unpaired) electrons. The molecule has 0 heterocycles. The third-order valence-electron chi connectivity index (χ3n) is 6.03. The predicted molar refractivity (Wildman–Crippen MR) is 136 cm³/mol. The fraction of sp³-hybridized carbons (Fsp3) is 0.321. The third kappa shape index (κ3) is 6.54. The van der Waals surface area contributed by atoms with Crippen molar-refractivity contribution in [1.82, 2.24) is 4.90 Å². The average molecular weight is 517 g/mol. The van der Waals surface area contributed by atoms with Crippen molar-refractivity contribution < 1.29 is 32.2 Å². The summed E-state index contributed by atoms with van der Waals surface area (Å²) in [5.41, 5.74) is 1.22. The smallest absolute Gasteiger partial charge is 0.416 e. The van der Waals surface area contributed by atoms with Crippen LogP contribution in [0.15, 0.2) is 66.7 Å². The molecule has 3 aromatic rings. The lowest BCUT2D eigenvalue weighted by molar-refractivity contribution is -0.137. The monoisotopic (exact) mass is 516 g/mol. The molecule has 0 aliphatic carbocycles. The third-order valence-corrected chi connectivity index (χ3v) is 6.03. The summed E-state index contributed by atoms with van der Waals surface area (Å²) >= 11 is 0. The second kappa shape index (κ2) is 12.0. The molecule has 37 heavy (non-hydrogen) atoms. The van der Waals surface area contributed by atoms with Crippen LogP contribution >= 0.6 is 0 Å². The highest BCUT2D eigenvalue weighted by molar-refractivity contribution is 5.98. The number of carbonyl (C=O) groups excluding carboxylic acids is 1. The lowest BCUT2D eigenvalue weighted by atomic mass is 10.0. The van der Waals surface area contributed by atoms with E-state index in [-0.39, 0.29) is 12.5 Å².